The van der Waals surface area contributed by atoms with Crippen molar-refractivity contribution >= 4 is 23.2 Å². The topological polar surface area (TPSA) is 80.6 Å². The third-order valence-corrected chi connectivity index (χ3v) is 4.13. The highest BCUT2D eigenvalue weighted by molar-refractivity contribution is 6.02. The molecule has 156 valence electrons. The lowest BCUT2D eigenvalue weighted by Crippen LogP contribution is -2.19. The van der Waals surface area contributed by atoms with Gasteiger partial charge in [0.2, 0.25) is 5.91 Å². The second-order valence-electron chi connectivity index (χ2n) is 6.26. The zero-order chi connectivity index (χ0) is 21.7. The average molecular weight is 418 g/mol. The molecule has 0 aliphatic heterocycles. The first-order chi connectivity index (χ1) is 14.3. The van der Waals surface area contributed by atoms with Crippen molar-refractivity contribution < 1.29 is 31.9 Å². The third-order valence-electron chi connectivity index (χ3n) is 4.13. The molecule has 1 heterocycles. The number of hydrogen-bond acceptors (Lipinski definition) is 4. The number of amides is 2. The van der Waals surface area contributed by atoms with Crippen molar-refractivity contribution in [2.24, 2.45) is 0 Å². The van der Waals surface area contributed by atoms with Gasteiger partial charge in [-0.05, 0) is 48.0 Å². The van der Waals surface area contributed by atoms with E-state index in [-0.39, 0.29) is 17.9 Å². The molecule has 2 amide bonds. The van der Waals surface area contributed by atoms with Gasteiger partial charge in [0.1, 0.15) is 5.75 Å². The van der Waals surface area contributed by atoms with Crippen LogP contribution in [0.5, 0.6) is 5.75 Å². The van der Waals surface area contributed by atoms with Crippen LogP contribution in [0.3, 0.4) is 0 Å². The Morgan fingerprint density at radius 2 is 1.77 bits per heavy atom. The second-order valence-corrected chi connectivity index (χ2v) is 6.26. The summed E-state index contributed by atoms with van der Waals surface area (Å²) in [6, 6.07) is 12.6. The van der Waals surface area contributed by atoms with Crippen LogP contribution in [-0.4, -0.2) is 18.9 Å². The number of rotatable bonds is 6. The first-order valence-corrected chi connectivity index (χ1v) is 8.75. The highest BCUT2D eigenvalue weighted by atomic mass is 19.4. The number of alkyl halides is 3. The van der Waals surface area contributed by atoms with Crippen LogP contribution in [-0.2, 0) is 17.4 Å². The maximum absolute atomic E-state index is 13.5. The summed E-state index contributed by atoms with van der Waals surface area (Å²) in [4.78, 5) is 24.2. The molecule has 1 aromatic heterocycles. The number of benzene rings is 2. The summed E-state index contributed by atoms with van der Waals surface area (Å²) in [7, 11) is 1.50. The summed E-state index contributed by atoms with van der Waals surface area (Å²) in [6.45, 7) is 0. The number of carbonyl (C=O) groups excluding carboxylic acids is 2. The first kappa shape index (κ1) is 21.0. The van der Waals surface area contributed by atoms with Crippen LogP contribution >= 0.6 is 0 Å². The molecule has 0 atom stereocenters. The van der Waals surface area contributed by atoms with E-state index in [1.807, 2.05) is 0 Å². The minimum Gasteiger partial charge on any atom is -0.497 e. The molecule has 30 heavy (non-hydrogen) atoms. The second kappa shape index (κ2) is 8.73. The highest BCUT2D eigenvalue weighted by Crippen LogP contribution is 2.36. The van der Waals surface area contributed by atoms with Crippen LogP contribution in [0.2, 0.25) is 0 Å². The molecule has 0 radical (unpaired) electrons. The van der Waals surface area contributed by atoms with E-state index in [0.717, 1.165) is 12.1 Å². The lowest BCUT2D eigenvalue weighted by Gasteiger charge is -2.16. The fourth-order valence-corrected chi connectivity index (χ4v) is 2.69. The minimum absolute atomic E-state index is 0.0413. The number of halogens is 3. The molecule has 0 saturated carbocycles. The Bertz CT molecular complexity index is 1030. The summed E-state index contributed by atoms with van der Waals surface area (Å²) < 4.78 is 50.4. The van der Waals surface area contributed by atoms with Gasteiger partial charge in [-0.2, -0.15) is 13.2 Å². The lowest BCUT2D eigenvalue weighted by atomic mass is 10.1. The summed E-state index contributed by atoms with van der Waals surface area (Å²) in [5.41, 5.74) is -0.957. The van der Waals surface area contributed by atoms with Crippen LogP contribution in [0.15, 0.2) is 65.3 Å². The number of hydrogen-bond donors (Lipinski definition) is 2. The SMILES string of the molecule is COc1ccc(CC(=O)Nc2ccc(NC(=O)c3ccco3)cc2C(F)(F)F)cc1. The summed E-state index contributed by atoms with van der Waals surface area (Å²) in [6.07, 6.45) is -3.58. The Labute approximate surface area is 169 Å². The van der Waals surface area contributed by atoms with Gasteiger partial charge in [0.05, 0.1) is 31.0 Å². The van der Waals surface area contributed by atoms with Crippen molar-refractivity contribution in [1.82, 2.24) is 0 Å². The predicted molar refractivity (Wildman–Crippen MR) is 103 cm³/mol. The molecule has 0 spiro atoms. The molecular formula is C21H17F3N2O4. The molecule has 0 unspecified atom stereocenters. The number of nitrogens with one attached hydrogen (secondary N) is 2. The third kappa shape index (κ3) is 5.19. The molecule has 0 bridgehead atoms. The Balaban J connectivity index is 1.76. The van der Waals surface area contributed by atoms with E-state index < -0.39 is 29.2 Å². The largest absolute Gasteiger partial charge is 0.497 e. The van der Waals surface area contributed by atoms with Crippen molar-refractivity contribution in [1.29, 1.82) is 0 Å². The van der Waals surface area contributed by atoms with Crippen LogP contribution in [0.1, 0.15) is 21.7 Å². The van der Waals surface area contributed by atoms with Gasteiger partial charge < -0.3 is 19.8 Å². The zero-order valence-corrected chi connectivity index (χ0v) is 15.7. The summed E-state index contributed by atoms with van der Waals surface area (Å²) in [5, 5.41) is 4.61. The van der Waals surface area contributed by atoms with Gasteiger partial charge in [0.15, 0.2) is 5.76 Å². The summed E-state index contributed by atoms with van der Waals surface area (Å²) in [5.74, 6) is -0.742. The smallest absolute Gasteiger partial charge is 0.418 e. The molecule has 6 nitrogen and oxygen atoms in total. The molecule has 2 aromatic carbocycles. The Morgan fingerprint density at radius 1 is 1.03 bits per heavy atom. The lowest BCUT2D eigenvalue weighted by molar-refractivity contribution is -0.136. The number of furan rings is 1. The van der Waals surface area contributed by atoms with Crippen molar-refractivity contribution in [2.75, 3.05) is 17.7 Å². The molecule has 3 rings (SSSR count). The first-order valence-electron chi connectivity index (χ1n) is 8.75. The minimum atomic E-state index is -4.74. The average Bonchev–Trinajstić information content (AvgIpc) is 3.24. The van der Waals surface area contributed by atoms with Crippen LogP contribution in [0.4, 0.5) is 24.5 Å². The Kier molecular flexibility index (Phi) is 6.10. The molecule has 0 aliphatic carbocycles. The quantitative estimate of drug-likeness (QED) is 0.606. The van der Waals surface area contributed by atoms with Crippen LogP contribution in [0.25, 0.3) is 0 Å². The van der Waals surface area contributed by atoms with E-state index in [4.69, 9.17) is 9.15 Å². The van der Waals surface area contributed by atoms with Crippen molar-refractivity contribution in [2.45, 2.75) is 12.6 Å². The molecule has 2 N–H and O–H groups in total. The molecule has 0 saturated heterocycles. The monoisotopic (exact) mass is 418 g/mol. The molecular weight excluding hydrogens is 401 g/mol. The molecule has 3 aromatic rings. The van der Waals surface area contributed by atoms with Gasteiger partial charge >= 0.3 is 6.18 Å². The van der Waals surface area contributed by atoms with E-state index in [2.05, 4.69) is 10.6 Å². The number of carbonyl (C=O) groups is 2. The fraction of sp³-hybridized carbons (Fsp3) is 0.143. The number of methoxy groups -OCH3 is 1. The van der Waals surface area contributed by atoms with E-state index >= 15 is 0 Å². The van der Waals surface area contributed by atoms with Crippen molar-refractivity contribution in [3.8, 4) is 5.75 Å². The van der Waals surface area contributed by atoms with E-state index in [1.54, 1.807) is 24.3 Å². The Morgan fingerprint density at radius 3 is 2.37 bits per heavy atom. The van der Waals surface area contributed by atoms with Gasteiger partial charge in [-0.25, -0.2) is 0 Å². The standard InChI is InChI=1S/C21H17F3N2O4/c1-29-15-7-4-13(5-8-15)11-19(27)26-17-9-6-14(12-16(17)21(22,23)24)25-20(28)18-3-2-10-30-18/h2-10,12H,11H2,1H3,(H,25,28)(H,26,27). The van der Waals surface area contributed by atoms with E-state index in [9.17, 15) is 22.8 Å². The van der Waals surface area contributed by atoms with Crippen molar-refractivity contribution in [3.63, 3.8) is 0 Å². The molecule has 9 heteroatoms. The number of anilines is 2. The van der Waals surface area contributed by atoms with Gasteiger partial charge in [0.25, 0.3) is 5.91 Å². The van der Waals surface area contributed by atoms with Crippen LogP contribution < -0.4 is 15.4 Å². The van der Waals surface area contributed by atoms with Gasteiger partial charge in [-0.3, -0.25) is 9.59 Å². The maximum atomic E-state index is 13.5. The van der Waals surface area contributed by atoms with Gasteiger partial charge in [-0.15, -0.1) is 0 Å². The summed E-state index contributed by atoms with van der Waals surface area (Å²) >= 11 is 0. The predicted octanol–water partition coefficient (Wildman–Crippen LogP) is 4.74. The van der Waals surface area contributed by atoms with Gasteiger partial charge in [0, 0.05) is 5.69 Å². The highest BCUT2D eigenvalue weighted by Gasteiger charge is 2.34. The van der Waals surface area contributed by atoms with E-state index in [1.165, 1.54) is 31.6 Å². The molecule has 0 aliphatic rings. The van der Waals surface area contributed by atoms with E-state index in [0.29, 0.717) is 11.3 Å². The Hall–Kier alpha value is -3.75. The zero-order valence-electron chi connectivity index (χ0n) is 15.7. The normalized spacial score (nSPS) is 11.1. The molecule has 0 fully saturated rings. The fourth-order valence-electron chi connectivity index (χ4n) is 2.69. The number of ether oxygens (including phenoxy) is 1. The van der Waals surface area contributed by atoms with Crippen LogP contribution in [0, 0.1) is 0 Å². The van der Waals surface area contributed by atoms with Gasteiger partial charge in [-0.1, -0.05) is 12.1 Å². The maximum Gasteiger partial charge on any atom is 0.418 e. The van der Waals surface area contributed by atoms with Crippen molar-refractivity contribution in [3.05, 3.63) is 77.7 Å².